The number of urea groups is 1. The molecule has 2 N–H and O–H groups in total. The normalized spacial score (nSPS) is 18.5. The molecule has 2 heterocycles. The fourth-order valence-corrected chi connectivity index (χ4v) is 6.48. The summed E-state index contributed by atoms with van der Waals surface area (Å²) >= 11 is 0. The van der Waals surface area contributed by atoms with Gasteiger partial charge in [0.25, 0.3) is 0 Å². The van der Waals surface area contributed by atoms with Crippen LogP contribution in [-0.4, -0.2) is 89.3 Å². The minimum absolute atomic E-state index is 0.0743. The molecule has 11 heteroatoms. The number of rotatable bonds is 8. The highest BCUT2D eigenvalue weighted by Gasteiger charge is 2.50. The molecule has 0 bridgehead atoms. The van der Waals surface area contributed by atoms with Crippen LogP contribution in [0.5, 0.6) is 17.2 Å². The number of piperazine rings is 1. The fourth-order valence-electron chi connectivity index (χ4n) is 6.48. The minimum Gasteiger partial charge on any atom is -0.508 e. The topological polar surface area (TPSA) is 115 Å². The zero-order chi connectivity index (χ0) is 32.4. The van der Waals surface area contributed by atoms with Crippen molar-refractivity contribution in [2.24, 2.45) is 0 Å². The van der Waals surface area contributed by atoms with E-state index in [2.05, 4.69) is 5.32 Å². The molecule has 2 aliphatic heterocycles. The number of ether oxygens (including phenoxy) is 2. The number of hydrazine groups is 1. The van der Waals surface area contributed by atoms with Crippen LogP contribution in [-0.2, 0) is 29.1 Å². The molecule has 2 saturated heterocycles. The van der Waals surface area contributed by atoms with Crippen LogP contribution in [0.25, 0.3) is 10.8 Å². The van der Waals surface area contributed by atoms with E-state index >= 15 is 0 Å². The molecule has 0 aliphatic carbocycles. The van der Waals surface area contributed by atoms with Crippen LogP contribution in [0.4, 0.5) is 4.79 Å². The standard InChI is InChI=1S/C35H37N5O6/c1-37-22-32(42)39-29(18-23-14-16-27(41)17-15-23)34(43)38(20-26-11-6-9-24-8-4-5-12-28(24)26)21-31(39)40(37)35(44)36-19-25-10-7-13-30(45-2)33(25)46-3/h4-17,29,31,41H,18-22H2,1-3H3,(H,36,44)/t29-,31?/m0/s1. The number of phenolic OH excluding ortho intramolecular Hbond substituents is 1. The molecule has 0 aromatic heterocycles. The van der Waals surface area contributed by atoms with Crippen LogP contribution in [0, 0.1) is 0 Å². The highest BCUT2D eigenvalue weighted by atomic mass is 16.5. The van der Waals surface area contributed by atoms with Gasteiger partial charge in [0.1, 0.15) is 18.0 Å². The molecule has 0 saturated carbocycles. The molecule has 4 aromatic carbocycles. The quantitative estimate of drug-likeness (QED) is 0.307. The van der Waals surface area contributed by atoms with Gasteiger partial charge in [0.15, 0.2) is 11.5 Å². The predicted octanol–water partition coefficient (Wildman–Crippen LogP) is 3.74. The van der Waals surface area contributed by atoms with Gasteiger partial charge >= 0.3 is 6.03 Å². The lowest BCUT2D eigenvalue weighted by Crippen LogP contribution is -2.76. The number of nitrogens with zero attached hydrogens (tertiary/aromatic N) is 4. The van der Waals surface area contributed by atoms with Crippen LogP contribution in [0.3, 0.4) is 0 Å². The van der Waals surface area contributed by atoms with Gasteiger partial charge in [0, 0.05) is 32.1 Å². The summed E-state index contributed by atoms with van der Waals surface area (Å²) in [5, 5.41) is 18.1. The van der Waals surface area contributed by atoms with Crippen LogP contribution < -0.4 is 14.8 Å². The summed E-state index contributed by atoms with van der Waals surface area (Å²) in [6, 6.07) is 24.8. The molecule has 11 nitrogen and oxygen atoms in total. The lowest BCUT2D eigenvalue weighted by molar-refractivity contribution is -0.187. The first-order valence-electron chi connectivity index (χ1n) is 15.1. The molecule has 238 valence electrons. The van der Waals surface area contributed by atoms with E-state index in [4.69, 9.17) is 9.47 Å². The highest BCUT2D eigenvalue weighted by Crippen LogP contribution is 2.32. The third-order valence-corrected chi connectivity index (χ3v) is 8.67. The molecule has 2 atom stereocenters. The third-order valence-electron chi connectivity index (χ3n) is 8.67. The Hall–Kier alpha value is -5.29. The molecule has 2 aliphatic rings. The number of hydrogen-bond donors (Lipinski definition) is 2. The van der Waals surface area contributed by atoms with Crippen molar-refractivity contribution in [3.63, 3.8) is 0 Å². The monoisotopic (exact) mass is 623 g/mol. The number of phenols is 1. The smallest absolute Gasteiger partial charge is 0.334 e. The Morgan fingerprint density at radius 1 is 0.913 bits per heavy atom. The number of fused-ring (bicyclic) bond motifs is 2. The summed E-state index contributed by atoms with van der Waals surface area (Å²) < 4.78 is 11.0. The van der Waals surface area contributed by atoms with Gasteiger partial charge < -0.3 is 29.7 Å². The number of methoxy groups -OCH3 is 2. The molecular formula is C35H37N5O6. The lowest BCUT2D eigenvalue weighted by atomic mass is 9.97. The molecule has 6 rings (SSSR count). The molecule has 4 amide bonds. The molecule has 0 spiro atoms. The second kappa shape index (κ2) is 13.0. The summed E-state index contributed by atoms with van der Waals surface area (Å²) in [6.07, 6.45) is -0.527. The van der Waals surface area contributed by atoms with E-state index in [1.807, 2.05) is 54.6 Å². The van der Waals surface area contributed by atoms with E-state index in [-0.39, 0.29) is 43.6 Å². The first-order chi connectivity index (χ1) is 22.3. The Labute approximate surface area is 267 Å². The maximum absolute atomic E-state index is 14.3. The fraction of sp³-hybridized carbons (Fsp3) is 0.286. The van der Waals surface area contributed by atoms with E-state index in [1.54, 1.807) is 66.4 Å². The van der Waals surface area contributed by atoms with E-state index < -0.39 is 18.2 Å². The van der Waals surface area contributed by atoms with Crippen molar-refractivity contribution in [2.75, 3.05) is 34.4 Å². The summed E-state index contributed by atoms with van der Waals surface area (Å²) in [7, 11) is 4.79. The van der Waals surface area contributed by atoms with Gasteiger partial charge in [-0.05, 0) is 40.1 Å². The van der Waals surface area contributed by atoms with Gasteiger partial charge in [-0.25, -0.2) is 14.8 Å². The number of carbonyl (C=O) groups is 3. The van der Waals surface area contributed by atoms with Crippen LogP contribution >= 0.6 is 0 Å². The van der Waals surface area contributed by atoms with E-state index in [0.717, 1.165) is 27.5 Å². The predicted molar refractivity (Wildman–Crippen MR) is 172 cm³/mol. The van der Waals surface area contributed by atoms with E-state index in [0.29, 0.717) is 18.0 Å². The van der Waals surface area contributed by atoms with Gasteiger partial charge in [-0.1, -0.05) is 66.7 Å². The van der Waals surface area contributed by atoms with Crippen LogP contribution in [0.15, 0.2) is 84.9 Å². The average Bonchev–Trinajstić information content (AvgIpc) is 3.06. The Kier molecular flexibility index (Phi) is 8.67. The number of amides is 4. The van der Waals surface area contributed by atoms with Gasteiger partial charge in [0.2, 0.25) is 11.8 Å². The molecule has 2 fully saturated rings. The van der Waals surface area contributed by atoms with Gasteiger partial charge in [0.05, 0.1) is 27.3 Å². The second-order valence-electron chi connectivity index (χ2n) is 11.5. The zero-order valence-corrected chi connectivity index (χ0v) is 26.1. The Morgan fingerprint density at radius 3 is 2.39 bits per heavy atom. The van der Waals surface area contributed by atoms with E-state index in [9.17, 15) is 19.5 Å². The van der Waals surface area contributed by atoms with Crippen molar-refractivity contribution in [3.05, 3.63) is 102 Å². The number of carbonyl (C=O) groups excluding carboxylic acids is 3. The van der Waals surface area contributed by atoms with Crippen molar-refractivity contribution in [3.8, 4) is 17.2 Å². The van der Waals surface area contributed by atoms with Gasteiger partial charge in [-0.15, -0.1) is 0 Å². The van der Waals surface area contributed by atoms with Crippen LogP contribution in [0.1, 0.15) is 16.7 Å². The Morgan fingerprint density at radius 2 is 1.63 bits per heavy atom. The maximum Gasteiger partial charge on any atom is 0.334 e. The summed E-state index contributed by atoms with van der Waals surface area (Å²) in [4.78, 5) is 45.2. The van der Waals surface area contributed by atoms with Crippen molar-refractivity contribution < 1.29 is 29.0 Å². The third kappa shape index (κ3) is 5.89. The number of para-hydroxylation sites is 1. The Bertz CT molecular complexity index is 1760. The number of hydrogen-bond acceptors (Lipinski definition) is 7. The number of nitrogens with one attached hydrogen (secondary N) is 1. The summed E-state index contributed by atoms with van der Waals surface area (Å²) in [5.41, 5.74) is 2.49. The number of aromatic hydroxyl groups is 1. The lowest BCUT2D eigenvalue weighted by Gasteiger charge is -2.54. The molecule has 46 heavy (non-hydrogen) atoms. The summed E-state index contributed by atoms with van der Waals surface area (Å²) in [6.45, 7) is 0.514. The summed E-state index contributed by atoms with van der Waals surface area (Å²) in [5.74, 6) is 0.741. The van der Waals surface area contributed by atoms with Crippen molar-refractivity contribution in [2.45, 2.75) is 31.7 Å². The molecule has 1 unspecified atom stereocenters. The van der Waals surface area contributed by atoms with Gasteiger partial charge in [-0.3, -0.25) is 9.59 Å². The Balaban J connectivity index is 1.33. The molecule has 4 aromatic rings. The van der Waals surface area contributed by atoms with Crippen LogP contribution in [0.2, 0.25) is 0 Å². The maximum atomic E-state index is 14.3. The number of likely N-dealkylation sites (N-methyl/N-ethyl adjacent to an activating group) is 1. The molecular weight excluding hydrogens is 586 g/mol. The largest absolute Gasteiger partial charge is 0.508 e. The van der Waals surface area contributed by atoms with Gasteiger partial charge in [-0.2, -0.15) is 0 Å². The van der Waals surface area contributed by atoms with Crippen molar-refractivity contribution in [1.82, 2.24) is 25.1 Å². The minimum atomic E-state index is -0.853. The SMILES string of the molecule is COc1cccc(CNC(=O)N2C3CN(Cc4cccc5ccccc45)C(=O)[C@H](Cc4ccc(O)cc4)N3C(=O)CN2C)c1OC. The zero-order valence-electron chi connectivity index (χ0n) is 26.1. The number of benzene rings is 4. The highest BCUT2D eigenvalue weighted by molar-refractivity contribution is 5.92. The van der Waals surface area contributed by atoms with Crippen molar-refractivity contribution in [1.29, 1.82) is 0 Å². The van der Waals surface area contributed by atoms with E-state index in [1.165, 1.54) is 5.01 Å². The molecule has 0 radical (unpaired) electrons. The second-order valence-corrected chi connectivity index (χ2v) is 11.5. The van der Waals surface area contributed by atoms with Crippen molar-refractivity contribution >= 4 is 28.6 Å². The average molecular weight is 624 g/mol. The first kappa shape index (κ1) is 30.7. The first-order valence-corrected chi connectivity index (χ1v) is 15.1.